The van der Waals surface area contributed by atoms with E-state index in [9.17, 15) is 9.59 Å². The zero-order valence-electron chi connectivity index (χ0n) is 16.1. The van der Waals surface area contributed by atoms with Crippen molar-refractivity contribution in [3.63, 3.8) is 0 Å². The lowest BCUT2D eigenvalue weighted by Gasteiger charge is -2.30. The summed E-state index contributed by atoms with van der Waals surface area (Å²) in [5.41, 5.74) is 6.03. The van der Waals surface area contributed by atoms with Gasteiger partial charge >= 0.3 is 0 Å². The van der Waals surface area contributed by atoms with Crippen molar-refractivity contribution in [2.45, 2.75) is 39.5 Å². The first-order chi connectivity index (χ1) is 12.9. The normalized spacial score (nSPS) is 21.2. The van der Waals surface area contributed by atoms with Crippen LogP contribution in [-0.4, -0.2) is 17.3 Å². The van der Waals surface area contributed by atoms with E-state index in [0.717, 1.165) is 22.5 Å². The lowest BCUT2D eigenvalue weighted by molar-refractivity contribution is -0.114. The van der Waals surface area contributed by atoms with Gasteiger partial charge in [0.25, 0.3) is 0 Å². The van der Waals surface area contributed by atoms with Gasteiger partial charge in [-0.15, -0.1) is 0 Å². The molecule has 0 unspecified atom stereocenters. The number of allylic oxidation sites excluding steroid dienone is 2. The Hall–Kier alpha value is -2.81. The number of carbonyl (C=O) groups excluding carboxylic acids is 2. The molecule has 0 saturated carbocycles. The first-order valence-corrected chi connectivity index (χ1v) is 9.44. The molecule has 1 heterocycles. The third kappa shape index (κ3) is 2.69. The standard InChI is InChI=1S/C24H23NO2/c1-13(2)16-9-11-17(12-10-16)21-20(15(4)26)14(3)25-23-18-7-5-6-8-19(18)24(27)22(21)23/h5-13,21-22H,1-4H3/t21-,22+/m1/s1. The molecule has 3 heteroatoms. The fraction of sp³-hybridized carbons (Fsp3) is 0.292. The fourth-order valence-corrected chi connectivity index (χ4v) is 4.37. The molecule has 0 bridgehead atoms. The van der Waals surface area contributed by atoms with E-state index in [1.807, 2.05) is 31.2 Å². The van der Waals surface area contributed by atoms with Crippen molar-refractivity contribution in [1.82, 2.24) is 0 Å². The highest BCUT2D eigenvalue weighted by Crippen LogP contribution is 2.45. The molecule has 4 rings (SSSR count). The lowest BCUT2D eigenvalue weighted by Crippen LogP contribution is -2.31. The van der Waals surface area contributed by atoms with Crippen LogP contribution in [0.4, 0.5) is 0 Å². The van der Waals surface area contributed by atoms with Gasteiger partial charge in [-0.2, -0.15) is 0 Å². The highest BCUT2D eigenvalue weighted by Gasteiger charge is 2.46. The Morgan fingerprint density at radius 3 is 2.19 bits per heavy atom. The van der Waals surface area contributed by atoms with Gasteiger partial charge in [0.15, 0.2) is 11.6 Å². The molecule has 1 aliphatic heterocycles. The van der Waals surface area contributed by atoms with Crippen molar-refractivity contribution >= 4 is 17.3 Å². The molecule has 0 fully saturated rings. The van der Waals surface area contributed by atoms with E-state index in [4.69, 9.17) is 4.99 Å². The first kappa shape index (κ1) is 17.6. The van der Waals surface area contributed by atoms with E-state index in [1.54, 1.807) is 6.92 Å². The van der Waals surface area contributed by atoms with Gasteiger partial charge in [0.2, 0.25) is 0 Å². The molecule has 2 aliphatic rings. The van der Waals surface area contributed by atoms with Gasteiger partial charge in [-0.1, -0.05) is 62.4 Å². The van der Waals surface area contributed by atoms with Crippen LogP contribution in [-0.2, 0) is 4.79 Å². The Bertz CT molecular complexity index is 1010. The summed E-state index contributed by atoms with van der Waals surface area (Å²) in [6.07, 6.45) is 0. The molecular formula is C24H23NO2. The number of Topliss-reactive ketones (excluding diaryl/α,β-unsaturated/α-hetero) is 2. The van der Waals surface area contributed by atoms with E-state index in [1.165, 1.54) is 5.56 Å². The van der Waals surface area contributed by atoms with Crippen molar-refractivity contribution in [2.24, 2.45) is 10.9 Å². The van der Waals surface area contributed by atoms with E-state index < -0.39 is 5.92 Å². The molecule has 2 atom stereocenters. The van der Waals surface area contributed by atoms with E-state index in [2.05, 4.69) is 38.1 Å². The third-order valence-corrected chi connectivity index (χ3v) is 5.71. The van der Waals surface area contributed by atoms with Crippen LogP contribution in [0.15, 0.2) is 64.8 Å². The van der Waals surface area contributed by atoms with E-state index in [-0.39, 0.29) is 17.5 Å². The molecule has 136 valence electrons. The molecule has 27 heavy (non-hydrogen) atoms. The third-order valence-electron chi connectivity index (χ3n) is 5.71. The van der Waals surface area contributed by atoms with Gasteiger partial charge in [0.05, 0.1) is 11.6 Å². The van der Waals surface area contributed by atoms with Gasteiger partial charge in [-0.05, 0) is 30.9 Å². The fourth-order valence-electron chi connectivity index (χ4n) is 4.37. The van der Waals surface area contributed by atoms with Crippen molar-refractivity contribution in [2.75, 3.05) is 0 Å². The molecule has 0 aromatic heterocycles. The summed E-state index contributed by atoms with van der Waals surface area (Å²) < 4.78 is 0. The van der Waals surface area contributed by atoms with Crippen molar-refractivity contribution < 1.29 is 9.59 Å². The molecule has 0 amide bonds. The van der Waals surface area contributed by atoms with Crippen LogP contribution in [0.5, 0.6) is 0 Å². The minimum atomic E-state index is -0.421. The van der Waals surface area contributed by atoms with Gasteiger partial charge < -0.3 is 0 Å². The van der Waals surface area contributed by atoms with Crippen LogP contribution in [0, 0.1) is 5.92 Å². The maximum Gasteiger partial charge on any atom is 0.173 e. The predicted molar refractivity (Wildman–Crippen MR) is 107 cm³/mol. The maximum absolute atomic E-state index is 13.2. The minimum Gasteiger partial charge on any atom is -0.295 e. The summed E-state index contributed by atoms with van der Waals surface area (Å²) in [5, 5.41) is 0. The number of hydrogen-bond donors (Lipinski definition) is 0. The molecule has 3 nitrogen and oxygen atoms in total. The number of nitrogens with zero attached hydrogens (tertiary/aromatic N) is 1. The highest BCUT2D eigenvalue weighted by atomic mass is 16.1. The average Bonchev–Trinajstić information content (AvgIpc) is 2.93. The summed E-state index contributed by atoms with van der Waals surface area (Å²) in [6, 6.07) is 16.0. The minimum absolute atomic E-state index is 0.0167. The number of benzene rings is 2. The summed E-state index contributed by atoms with van der Waals surface area (Å²) >= 11 is 0. The van der Waals surface area contributed by atoms with Crippen LogP contribution >= 0.6 is 0 Å². The number of fused-ring (bicyclic) bond motifs is 3. The van der Waals surface area contributed by atoms with Crippen LogP contribution in [0.1, 0.15) is 66.6 Å². The SMILES string of the molecule is CC(=O)C1=C(C)N=C2c3ccccc3C(=O)[C@H]2[C@@H]1c1ccc(C(C)C)cc1. The highest BCUT2D eigenvalue weighted by molar-refractivity contribution is 6.30. The topological polar surface area (TPSA) is 46.5 Å². The predicted octanol–water partition coefficient (Wildman–Crippen LogP) is 5.07. The van der Waals surface area contributed by atoms with Gasteiger partial charge in [0, 0.05) is 28.3 Å². The molecule has 2 aromatic rings. The maximum atomic E-state index is 13.2. The Labute approximate surface area is 159 Å². The Balaban J connectivity index is 1.90. The first-order valence-electron chi connectivity index (χ1n) is 9.44. The molecule has 0 spiro atoms. The van der Waals surface area contributed by atoms with E-state index in [0.29, 0.717) is 17.1 Å². The molecule has 0 saturated heterocycles. The zero-order chi connectivity index (χ0) is 19.3. The number of carbonyl (C=O) groups is 2. The van der Waals surface area contributed by atoms with Crippen molar-refractivity contribution in [3.05, 3.63) is 82.1 Å². The van der Waals surface area contributed by atoms with Crippen LogP contribution in [0.2, 0.25) is 0 Å². The van der Waals surface area contributed by atoms with Crippen molar-refractivity contribution in [1.29, 1.82) is 0 Å². The number of hydrogen-bond acceptors (Lipinski definition) is 3. The number of rotatable bonds is 3. The Morgan fingerprint density at radius 2 is 1.59 bits per heavy atom. The van der Waals surface area contributed by atoms with Crippen LogP contribution in [0.3, 0.4) is 0 Å². The monoisotopic (exact) mass is 357 g/mol. The van der Waals surface area contributed by atoms with E-state index >= 15 is 0 Å². The molecule has 1 aliphatic carbocycles. The Kier molecular flexibility index (Phi) is 4.18. The molecule has 0 radical (unpaired) electrons. The largest absolute Gasteiger partial charge is 0.295 e. The summed E-state index contributed by atoms with van der Waals surface area (Å²) in [6.45, 7) is 7.76. The molecule has 2 aromatic carbocycles. The second-order valence-electron chi connectivity index (χ2n) is 7.74. The number of ketones is 2. The van der Waals surface area contributed by atoms with Crippen LogP contribution < -0.4 is 0 Å². The van der Waals surface area contributed by atoms with Gasteiger partial charge in [-0.3, -0.25) is 14.6 Å². The Morgan fingerprint density at radius 1 is 0.963 bits per heavy atom. The average molecular weight is 357 g/mol. The van der Waals surface area contributed by atoms with Crippen molar-refractivity contribution in [3.8, 4) is 0 Å². The number of aliphatic imine (C=N–C) groups is 1. The molecule has 0 N–H and O–H groups in total. The quantitative estimate of drug-likeness (QED) is 0.770. The molecular weight excluding hydrogens is 334 g/mol. The van der Waals surface area contributed by atoms with Crippen LogP contribution in [0.25, 0.3) is 0 Å². The second kappa shape index (κ2) is 6.41. The zero-order valence-corrected chi connectivity index (χ0v) is 16.1. The lowest BCUT2D eigenvalue weighted by atomic mass is 9.74. The summed E-state index contributed by atoms with van der Waals surface area (Å²) in [5.74, 6) is -0.221. The van der Waals surface area contributed by atoms with Gasteiger partial charge in [0.1, 0.15) is 0 Å². The second-order valence-corrected chi connectivity index (χ2v) is 7.74. The summed E-state index contributed by atoms with van der Waals surface area (Å²) in [7, 11) is 0. The smallest absolute Gasteiger partial charge is 0.173 e. The van der Waals surface area contributed by atoms with Gasteiger partial charge in [-0.25, -0.2) is 0 Å². The summed E-state index contributed by atoms with van der Waals surface area (Å²) in [4.78, 5) is 30.5.